The van der Waals surface area contributed by atoms with Crippen LogP contribution in [0.4, 0.5) is 8.78 Å². The Bertz CT molecular complexity index is 856. The molecule has 0 atom stereocenters. The molecule has 0 radical (unpaired) electrons. The van der Waals surface area contributed by atoms with Crippen LogP contribution in [0.25, 0.3) is 16.9 Å². The number of carbonyl (C=O) groups is 1. The fourth-order valence-corrected chi connectivity index (χ4v) is 2.51. The number of carbonyl (C=O) groups excluding carboxylic acids is 1. The molecule has 0 fully saturated rings. The van der Waals surface area contributed by atoms with Crippen LogP contribution in [0.2, 0.25) is 0 Å². The molecule has 0 N–H and O–H groups in total. The molecule has 0 amide bonds. The van der Waals surface area contributed by atoms with Gasteiger partial charge in [0.15, 0.2) is 0 Å². The number of rotatable bonds is 3. The average molecular weight is 386 g/mol. The second kappa shape index (κ2) is 5.44. The fourth-order valence-electron chi connectivity index (χ4n) is 2.16. The van der Waals surface area contributed by atoms with Crippen LogP contribution in [0, 0.1) is 0 Å². The minimum atomic E-state index is -3.99. The van der Waals surface area contributed by atoms with Crippen LogP contribution in [0.5, 0.6) is 0 Å². The lowest BCUT2D eigenvalue weighted by Gasteiger charge is -2.08. The first kappa shape index (κ1) is 15.1. The number of alkyl halides is 3. The summed E-state index contributed by atoms with van der Waals surface area (Å²) in [5.74, 6) is -1.48. The number of fused-ring (bicyclic) bond motifs is 1. The van der Waals surface area contributed by atoms with Gasteiger partial charge >= 0.3 is 5.38 Å². The summed E-state index contributed by atoms with van der Waals surface area (Å²) in [6.07, 6.45) is 1.50. The van der Waals surface area contributed by atoms with Gasteiger partial charge in [-0.1, -0.05) is 34.1 Å². The standard InChI is InChI=1S/C15H8BrClF2N2O/c16-10-6-4-9(5-7-10)12-13(14(22)15(17,18)19)21-8-2-1-3-11(21)20-12/h1-8H. The van der Waals surface area contributed by atoms with Crippen molar-refractivity contribution in [3.63, 3.8) is 0 Å². The van der Waals surface area contributed by atoms with Gasteiger partial charge in [0.2, 0.25) is 0 Å². The third kappa shape index (κ3) is 2.64. The molecule has 0 aliphatic carbocycles. The smallest absolute Gasteiger partial charge is 0.296 e. The predicted molar refractivity (Wildman–Crippen MR) is 83.5 cm³/mol. The number of nitrogens with zero attached hydrogens (tertiary/aromatic N) is 2. The van der Waals surface area contributed by atoms with Crippen LogP contribution in [0.3, 0.4) is 0 Å². The number of ketones is 1. The number of hydrogen-bond donors (Lipinski definition) is 0. The molecule has 112 valence electrons. The third-order valence-corrected chi connectivity index (χ3v) is 3.82. The number of Topliss-reactive ketones (excluding diaryl/α,β-unsaturated/α-hetero) is 1. The molecular formula is C15H8BrClF2N2O. The van der Waals surface area contributed by atoms with E-state index in [9.17, 15) is 13.6 Å². The Hall–Kier alpha value is -1.79. The van der Waals surface area contributed by atoms with E-state index in [1.165, 1.54) is 10.6 Å². The zero-order valence-corrected chi connectivity index (χ0v) is 13.3. The van der Waals surface area contributed by atoms with Crippen molar-refractivity contribution in [1.82, 2.24) is 9.38 Å². The molecule has 22 heavy (non-hydrogen) atoms. The van der Waals surface area contributed by atoms with E-state index in [0.29, 0.717) is 11.2 Å². The lowest BCUT2D eigenvalue weighted by Crippen LogP contribution is -2.23. The summed E-state index contributed by atoms with van der Waals surface area (Å²) in [6, 6.07) is 11.8. The van der Waals surface area contributed by atoms with E-state index < -0.39 is 11.2 Å². The predicted octanol–water partition coefficient (Wildman–Crippen LogP) is 4.78. The summed E-state index contributed by atoms with van der Waals surface area (Å²) < 4.78 is 28.8. The maximum Gasteiger partial charge on any atom is 0.386 e. The van der Waals surface area contributed by atoms with Crippen LogP contribution in [-0.2, 0) is 0 Å². The lowest BCUT2D eigenvalue weighted by atomic mass is 10.1. The molecular weight excluding hydrogens is 378 g/mol. The molecule has 0 saturated heterocycles. The van der Waals surface area contributed by atoms with Crippen LogP contribution >= 0.6 is 27.5 Å². The molecule has 2 aromatic heterocycles. The van der Waals surface area contributed by atoms with Crippen molar-refractivity contribution in [3.8, 4) is 11.3 Å². The van der Waals surface area contributed by atoms with Crippen molar-refractivity contribution >= 4 is 39.0 Å². The molecule has 3 aromatic rings. The van der Waals surface area contributed by atoms with Crippen molar-refractivity contribution in [3.05, 3.63) is 58.8 Å². The molecule has 0 aliphatic heterocycles. The molecule has 3 nitrogen and oxygen atoms in total. The maximum atomic E-state index is 13.3. The fraction of sp³-hybridized carbons (Fsp3) is 0.0667. The van der Waals surface area contributed by atoms with Gasteiger partial charge in [-0.05, 0) is 35.9 Å². The molecule has 1 aromatic carbocycles. The van der Waals surface area contributed by atoms with Crippen molar-refractivity contribution in [2.45, 2.75) is 5.38 Å². The van der Waals surface area contributed by atoms with Crippen LogP contribution < -0.4 is 0 Å². The highest BCUT2D eigenvalue weighted by molar-refractivity contribution is 9.10. The van der Waals surface area contributed by atoms with Gasteiger partial charge in [0.05, 0.1) is 0 Å². The van der Waals surface area contributed by atoms with E-state index in [4.69, 9.17) is 11.6 Å². The minimum absolute atomic E-state index is 0.170. The molecule has 3 rings (SSSR count). The van der Waals surface area contributed by atoms with Crippen molar-refractivity contribution in [1.29, 1.82) is 0 Å². The first-order valence-corrected chi connectivity index (χ1v) is 7.39. The number of pyridine rings is 1. The Morgan fingerprint density at radius 1 is 1.18 bits per heavy atom. The van der Waals surface area contributed by atoms with Gasteiger partial charge < -0.3 is 0 Å². The topological polar surface area (TPSA) is 34.4 Å². The maximum absolute atomic E-state index is 13.3. The van der Waals surface area contributed by atoms with Gasteiger partial charge in [0.1, 0.15) is 17.0 Å². The highest BCUT2D eigenvalue weighted by atomic mass is 79.9. The van der Waals surface area contributed by atoms with Gasteiger partial charge in [0.25, 0.3) is 5.78 Å². The summed E-state index contributed by atoms with van der Waals surface area (Å²) in [6.45, 7) is 0. The first-order valence-electron chi connectivity index (χ1n) is 6.22. The van der Waals surface area contributed by atoms with Crippen LogP contribution in [-0.4, -0.2) is 20.5 Å². The summed E-state index contributed by atoms with van der Waals surface area (Å²) in [5, 5.41) is -3.99. The zero-order valence-electron chi connectivity index (χ0n) is 10.9. The van der Waals surface area contributed by atoms with E-state index in [2.05, 4.69) is 20.9 Å². The minimum Gasteiger partial charge on any atom is -0.296 e. The first-order chi connectivity index (χ1) is 10.4. The SMILES string of the molecule is O=C(c1c(-c2ccc(Br)cc2)nc2ccccn12)C(F)(F)Cl. The third-order valence-electron chi connectivity index (χ3n) is 3.12. The number of hydrogen-bond acceptors (Lipinski definition) is 2. The molecule has 0 spiro atoms. The summed E-state index contributed by atoms with van der Waals surface area (Å²) in [7, 11) is 0. The van der Waals surface area contributed by atoms with Crippen molar-refractivity contribution in [2.24, 2.45) is 0 Å². The van der Waals surface area contributed by atoms with Gasteiger partial charge in [-0.2, -0.15) is 8.78 Å². The zero-order chi connectivity index (χ0) is 15.9. The molecule has 0 saturated carbocycles. The van der Waals surface area contributed by atoms with E-state index in [-0.39, 0.29) is 11.4 Å². The normalized spacial score (nSPS) is 11.8. The highest BCUT2D eigenvalue weighted by Gasteiger charge is 2.40. The van der Waals surface area contributed by atoms with Crippen LogP contribution in [0.15, 0.2) is 53.1 Å². The highest BCUT2D eigenvalue weighted by Crippen LogP contribution is 2.32. The number of imidazole rings is 1. The largest absolute Gasteiger partial charge is 0.386 e. The van der Waals surface area contributed by atoms with E-state index in [1.807, 2.05) is 0 Å². The number of benzene rings is 1. The number of halogens is 4. The Balaban J connectivity index is 2.30. The van der Waals surface area contributed by atoms with E-state index in [1.54, 1.807) is 42.5 Å². The van der Waals surface area contributed by atoms with Gasteiger partial charge in [-0.3, -0.25) is 9.20 Å². The second-order valence-electron chi connectivity index (χ2n) is 4.57. The summed E-state index contributed by atoms with van der Waals surface area (Å²) in [4.78, 5) is 16.3. The Morgan fingerprint density at radius 3 is 2.50 bits per heavy atom. The summed E-state index contributed by atoms with van der Waals surface area (Å²) in [5.41, 5.74) is 0.878. The van der Waals surface area contributed by atoms with Crippen molar-refractivity contribution in [2.75, 3.05) is 0 Å². The lowest BCUT2D eigenvalue weighted by molar-refractivity contribution is 0.0530. The Kier molecular flexibility index (Phi) is 3.74. The molecule has 0 bridgehead atoms. The van der Waals surface area contributed by atoms with Crippen molar-refractivity contribution < 1.29 is 13.6 Å². The monoisotopic (exact) mass is 384 g/mol. The molecule has 0 unspecified atom stereocenters. The molecule has 2 heterocycles. The van der Waals surface area contributed by atoms with E-state index >= 15 is 0 Å². The number of aromatic nitrogens is 2. The molecule has 7 heteroatoms. The Labute approximate surface area is 137 Å². The van der Waals surface area contributed by atoms with Gasteiger partial charge in [-0.15, -0.1) is 0 Å². The average Bonchev–Trinajstić information content (AvgIpc) is 2.85. The van der Waals surface area contributed by atoms with Gasteiger partial charge in [-0.25, -0.2) is 4.98 Å². The van der Waals surface area contributed by atoms with Crippen LogP contribution in [0.1, 0.15) is 10.5 Å². The quantitative estimate of drug-likeness (QED) is 0.480. The Morgan fingerprint density at radius 2 is 1.86 bits per heavy atom. The molecule has 0 aliphatic rings. The summed E-state index contributed by atoms with van der Waals surface area (Å²) >= 11 is 8.23. The van der Waals surface area contributed by atoms with Gasteiger partial charge in [0, 0.05) is 16.2 Å². The second-order valence-corrected chi connectivity index (χ2v) is 5.96. The van der Waals surface area contributed by atoms with E-state index in [0.717, 1.165) is 4.47 Å².